The molecule has 2 aliphatic rings. The molecular formula is C22H28N2O2. The Bertz CT molecular complexity index is 791. The van der Waals surface area contributed by atoms with Crippen molar-refractivity contribution in [2.24, 2.45) is 5.41 Å². The molecule has 0 amide bonds. The van der Waals surface area contributed by atoms with E-state index in [0.29, 0.717) is 6.61 Å². The van der Waals surface area contributed by atoms with E-state index in [1.54, 1.807) is 0 Å². The van der Waals surface area contributed by atoms with Crippen LogP contribution in [-0.4, -0.2) is 34.2 Å². The van der Waals surface area contributed by atoms with Gasteiger partial charge in [0, 0.05) is 5.41 Å². The van der Waals surface area contributed by atoms with Crippen molar-refractivity contribution < 1.29 is 9.84 Å². The summed E-state index contributed by atoms with van der Waals surface area (Å²) in [6.07, 6.45) is 7.54. The zero-order valence-corrected chi connectivity index (χ0v) is 15.7. The molecule has 138 valence electrons. The minimum absolute atomic E-state index is 0.0311. The van der Waals surface area contributed by atoms with E-state index >= 15 is 0 Å². The van der Waals surface area contributed by atoms with Crippen molar-refractivity contribution >= 4 is 6.08 Å². The molecule has 0 unspecified atom stereocenters. The SMILES string of the molecule is C=C.Cc1ccc(-n2ncc3c2C=C2CC[C@H](OCCO)[C@@]2(C)C3)cc1. The predicted molar refractivity (Wildman–Crippen MR) is 105 cm³/mol. The van der Waals surface area contributed by atoms with Gasteiger partial charge in [-0.05, 0) is 50.0 Å². The Morgan fingerprint density at radius 2 is 2.04 bits per heavy atom. The fourth-order valence-corrected chi connectivity index (χ4v) is 4.16. The third kappa shape index (κ3) is 3.15. The van der Waals surface area contributed by atoms with Gasteiger partial charge in [-0.25, -0.2) is 4.68 Å². The summed E-state index contributed by atoms with van der Waals surface area (Å²) in [6, 6.07) is 8.49. The molecule has 1 saturated carbocycles. The summed E-state index contributed by atoms with van der Waals surface area (Å²) in [4.78, 5) is 0. The fraction of sp³-hybridized carbons (Fsp3) is 0.409. The van der Waals surface area contributed by atoms with Crippen molar-refractivity contribution in [1.29, 1.82) is 0 Å². The molecule has 0 saturated heterocycles. The van der Waals surface area contributed by atoms with E-state index in [2.05, 4.69) is 62.4 Å². The van der Waals surface area contributed by atoms with Crippen LogP contribution in [-0.2, 0) is 11.2 Å². The molecule has 4 heteroatoms. The third-order valence-electron chi connectivity index (χ3n) is 5.56. The number of ether oxygens (including phenoxy) is 1. The molecule has 2 aliphatic carbocycles. The lowest BCUT2D eigenvalue weighted by Crippen LogP contribution is -2.35. The second kappa shape index (κ2) is 7.60. The summed E-state index contributed by atoms with van der Waals surface area (Å²) in [6.45, 7) is 10.9. The lowest BCUT2D eigenvalue weighted by molar-refractivity contribution is -0.0184. The number of hydrogen-bond acceptors (Lipinski definition) is 3. The van der Waals surface area contributed by atoms with Crippen molar-refractivity contribution in [1.82, 2.24) is 9.78 Å². The number of aryl methyl sites for hydroxylation is 1. The molecule has 1 aromatic carbocycles. The Morgan fingerprint density at radius 3 is 2.73 bits per heavy atom. The molecule has 2 aromatic rings. The number of aliphatic hydroxyl groups is 1. The van der Waals surface area contributed by atoms with Gasteiger partial charge in [-0.1, -0.05) is 30.2 Å². The van der Waals surface area contributed by atoms with Gasteiger partial charge in [0.05, 0.1) is 36.9 Å². The second-order valence-electron chi connectivity index (χ2n) is 7.19. The van der Waals surface area contributed by atoms with Crippen molar-refractivity contribution in [3.8, 4) is 5.69 Å². The van der Waals surface area contributed by atoms with Crippen LogP contribution in [0.2, 0.25) is 0 Å². The van der Waals surface area contributed by atoms with Gasteiger partial charge in [0.25, 0.3) is 0 Å². The van der Waals surface area contributed by atoms with E-state index in [9.17, 15) is 0 Å². The molecule has 0 bridgehead atoms. The molecule has 0 spiro atoms. The third-order valence-corrected chi connectivity index (χ3v) is 5.56. The van der Waals surface area contributed by atoms with Crippen LogP contribution < -0.4 is 0 Å². The number of nitrogens with zero attached hydrogens (tertiary/aromatic N) is 2. The monoisotopic (exact) mass is 352 g/mol. The molecule has 1 fully saturated rings. The lowest BCUT2D eigenvalue weighted by atomic mass is 9.74. The molecule has 1 N–H and O–H groups in total. The normalized spacial score (nSPS) is 23.5. The number of hydrogen-bond donors (Lipinski definition) is 1. The molecule has 26 heavy (non-hydrogen) atoms. The van der Waals surface area contributed by atoms with Crippen LogP contribution in [0.25, 0.3) is 11.8 Å². The molecule has 1 heterocycles. The van der Waals surface area contributed by atoms with Crippen molar-refractivity contribution in [3.05, 3.63) is 66.0 Å². The summed E-state index contributed by atoms with van der Waals surface area (Å²) < 4.78 is 7.97. The van der Waals surface area contributed by atoms with Gasteiger partial charge in [0.2, 0.25) is 0 Å². The molecule has 4 nitrogen and oxygen atoms in total. The molecule has 0 aliphatic heterocycles. The van der Waals surface area contributed by atoms with Crippen LogP contribution in [0.15, 0.2) is 49.2 Å². The largest absolute Gasteiger partial charge is 0.394 e. The van der Waals surface area contributed by atoms with Gasteiger partial charge in [0.1, 0.15) is 0 Å². The highest BCUT2D eigenvalue weighted by Crippen LogP contribution is 2.50. The summed E-state index contributed by atoms with van der Waals surface area (Å²) in [5.41, 5.74) is 6.32. The Kier molecular flexibility index (Phi) is 5.44. The Hall–Kier alpha value is -2.17. The second-order valence-corrected chi connectivity index (χ2v) is 7.19. The van der Waals surface area contributed by atoms with Gasteiger partial charge in [-0.2, -0.15) is 5.10 Å². The zero-order chi connectivity index (χ0) is 18.7. The van der Waals surface area contributed by atoms with Crippen molar-refractivity contribution in [3.63, 3.8) is 0 Å². The average Bonchev–Trinajstić information content (AvgIpc) is 3.20. The maximum atomic E-state index is 9.06. The van der Waals surface area contributed by atoms with Gasteiger partial charge in [0.15, 0.2) is 0 Å². The molecule has 2 atom stereocenters. The number of aliphatic hydroxyl groups excluding tert-OH is 1. The lowest BCUT2D eigenvalue weighted by Gasteiger charge is -2.35. The van der Waals surface area contributed by atoms with E-state index in [4.69, 9.17) is 9.84 Å². The highest BCUT2D eigenvalue weighted by atomic mass is 16.5. The summed E-state index contributed by atoms with van der Waals surface area (Å²) in [5.74, 6) is 0. The van der Waals surface area contributed by atoms with E-state index in [0.717, 1.165) is 24.9 Å². The molecule has 4 rings (SSSR count). The first kappa shape index (κ1) is 18.6. The Labute approximate surface area is 155 Å². The summed E-state index contributed by atoms with van der Waals surface area (Å²) in [5, 5.41) is 13.7. The van der Waals surface area contributed by atoms with Crippen LogP contribution in [0, 0.1) is 12.3 Å². The summed E-state index contributed by atoms with van der Waals surface area (Å²) in [7, 11) is 0. The minimum atomic E-state index is 0.0311. The van der Waals surface area contributed by atoms with E-state index < -0.39 is 0 Å². The van der Waals surface area contributed by atoms with Gasteiger partial charge >= 0.3 is 0 Å². The van der Waals surface area contributed by atoms with Gasteiger partial charge in [-0.15, -0.1) is 13.2 Å². The minimum Gasteiger partial charge on any atom is -0.394 e. The molecule has 0 radical (unpaired) electrons. The standard InChI is InChI=1S/C20H24N2O2.C2H4/c1-14-3-6-17(7-4-14)22-18-11-16-5-8-19(24-10-9-23)20(16,2)12-15(18)13-21-22;1-2/h3-4,6-7,11,13,19,23H,5,8-10,12H2,1-2H3;1-2H2/t19-,20-;/m0./s1. The van der Waals surface area contributed by atoms with Gasteiger partial charge < -0.3 is 9.84 Å². The van der Waals surface area contributed by atoms with Crippen LogP contribution >= 0.6 is 0 Å². The maximum absolute atomic E-state index is 9.06. The maximum Gasteiger partial charge on any atom is 0.0701 e. The number of aromatic nitrogens is 2. The Morgan fingerprint density at radius 1 is 1.31 bits per heavy atom. The average molecular weight is 352 g/mol. The smallest absolute Gasteiger partial charge is 0.0701 e. The van der Waals surface area contributed by atoms with Crippen molar-refractivity contribution in [2.75, 3.05) is 13.2 Å². The molecular weight excluding hydrogens is 324 g/mol. The van der Waals surface area contributed by atoms with E-state index in [-0.39, 0.29) is 18.1 Å². The summed E-state index contributed by atoms with van der Waals surface area (Å²) >= 11 is 0. The quantitative estimate of drug-likeness (QED) is 0.843. The van der Waals surface area contributed by atoms with E-state index in [1.807, 2.05) is 10.9 Å². The molecule has 1 aromatic heterocycles. The first-order valence-corrected chi connectivity index (χ1v) is 9.19. The first-order chi connectivity index (χ1) is 12.6. The zero-order valence-electron chi connectivity index (χ0n) is 15.7. The van der Waals surface area contributed by atoms with Gasteiger partial charge in [-0.3, -0.25) is 0 Å². The highest BCUT2D eigenvalue weighted by molar-refractivity contribution is 5.62. The van der Waals surface area contributed by atoms with Crippen LogP contribution in [0.4, 0.5) is 0 Å². The fourth-order valence-electron chi connectivity index (χ4n) is 4.16. The van der Waals surface area contributed by atoms with Crippen molar-refractivity contribution in [2.45, 2.75) is 39.2 Å². The van der Waals surface area contributed by atoms with Crippen LogP contribution in [0.1, 0.15) is 36.6 Å². The predicted octanol–water partition coefficient (Wildman–Crippen LogP) is 4.10. The number of benzene rings is 1. The first-order valence-electron chi connectivity index (χ1n) is 9.19. The highest BCUT2D eigenvalue weighted by Gasteiger charge is 2.46. The number of rotatable bonds is 4. The Balaban J connectivity index is 0.000000948. The van der Waals surface area contributed by atoms with Crippen LogP contribution in [0.3, 0.4) is 0 Å². The number of fused-ring (bicyclic) bond motifs is 2. The topological polar surface area (TPSA) is 47.3 Å². The van der Waals surface area contributed by atoms with Crippen LogP contribution in [0.5, 0.6) is 0 Å². The van der Waals surface area contributed by atoms with E-state index in [1.165, 1.54) is 22.4 Å².